The van der Waals surface area contributed by atoms with Gasteiger partial charge in [-0.1, -0.05) is 0 Å². The number of halogens is 2. The van der Waals surface area contributed by atoms with Crippen molar-refractivity contribution in [2.75, 3.05) is 6.26 Å². The number of rotatable bonds is 2. The monoisotopic (exact) mass is 375 g/mol. The maximum Gasteiger partial charge on any atom is 0.276 e. The number of hydrogen-bond donors (Lipinski definition) is 5. The Labute approximate surface area is 141 Å². The van der Waals surface area contributed by atoms with Crippen molar-refractivity contribution in [1.29, 1.82) is 5.41 Å². The molecule has 0 aliphatic heterocycles. The normalized spacial score (nSPS) is 10.6. The van der Waals surface area contributed by atoms with Gasteiger partial charge in [-0.3, -0.25) is 20.1 Å². The highest BCUT2D eigenvalue weighted by Gasteiger charge is 2.16. The van der Waals surface area contributed by atoms with Gasteiger partial charge in [0.1, 0.15) is 23.2 Å². The lowest BCUT2D eigenvalue weighted by Gasteiger charge is -2.00. The van der Waals surface area contributed by atoms with Gasteiger partial charge in [-0.05, 0) is 19.1 Å². The fourth-order valence-electron chi connectivity index (χ4n) is 1.69. The first-order valence-electron chi connectivity index (χ1n) is 6.47. The van der Waals surface area contributed by atoms with Crippen molar-refractivity contribution in [2.24, 2.45) is 5.73 Å². The van der Waals surface area contributed by atoms with E-state index in [4.69, 9.17) is 15.7 Å². The zero-order valence-electron chi connectivity index (χ0n) is 13.1. The average Bonchev–Trinajstić information content (AvgIpc) is 2.77. The van der Waals surface area contributed by atoms with Gasteiger partial charge >= 0.3 is 0 Å². The van der Waals surface area contributed by atoms with E-state index in [0.717, 1.165) is 18.2 Å². The van der Waals surface area contributed by atoms with Crippen molar-refractivity contribution >= 4 is 22.0 Å². The largest absolute Gasteiger partial charge is 0.370 e. The number of aromatic nitrogens is 2. The van der Waals surface area contributed by atoms with Crippen LogP contribution in [0.3, 0.4) is 0 Å². The molecule has 2 aromatic rings. The molecule has 0 bridgehead atoms. The van der Waals surface area contributed by atoms with Gasteiger partial charge in [-0.2, -0.15) is 8.42 Å². The van der Waals surface area contributed by atoms with Crippen molar-refractivity contribution in [2.45, 2.75) is 6.92 Å². The molecule has 0 spiro atoms. The Kier molecular flexibility index (Phi) is 6.30. The first-order valence-corrected chi connectivity index (χ1v) is 8.32. The van der Waals surface area contributed by atoms with Crippen LogP contribution in [0.2, 0.25) is 0 Å². The Bertz CT molecular complexity index is 883. The smallest absolute Gasteiger partial charge is 0.276 e. The summed E-state index contributed by atoms with van der Waals surface area (Å²) >= 11 is 0. The molecule has 0 atom stereocenters. The number of H-pyrrole nitrogens is 1. The van der Waals surface area contributed by atoms with E-state index in [0.29, 0.717) is 11.9 Å². The predicted octanol–water partition coefficient (Wildman–Crippen LogP) is 0.791. The van der Waals surface area contributed by atoms with Crippen LogP contribution in [0, 0.1) is 24.0 Å². The molecule has 9 nitrogen and oxygen atoms in total. The van der Waals surface area contributed by atoms with E-state index < -0.39 is 33.6 Å². The van der Waals surface area contributed by atoms with Gasteiger partial charge in [0.25, 0.3) is 16.0 Å². The van der Waals surface area contributed by atoms with Gasteiger partial charge in [-0.15, -0.1) is 0 Å². The van der Waals surface area contributed by atoms with Crippen LogP contribution in [0.1, 0.15) is 16.2 Å². The number of amides is 1. The Hall–Kier alpha value is -2.86. The third-order valence-corrected chi connectivity index (χ3v) is 2.50. The van der Waals surface area contributed by atoms with Crippen LogP contribution >= 0.6 is 0 Å². The minimum absolute atomic E-state index is 0.0693. The number of imidazole rings is 1. The van der Waals surface area contributed by atoms with Crippen LogP contribution in [0.25, 0.3) is 11.4 Å². The van der Waals surface area contributed by atoms with Crippen molar-refractivity contribution in [1.82, 2.24) is 15.3 Å². The fraction of sp³-hybridized carbons (Fsp3) is 0.154. The lowest BCUT2D eigenvalue weighted by molar-refractivity contribution is 0.0971. The first kappa shape index (κ1) is 20.2. The van der Waals surface area contributed by atoms with Gasteiger partial charge in [0.2, 0.25) is 0 Å². The number of aromatic amines is 1. The zero-order chi connectivity index (χ0) is 19.4. The quantitative estimate of drug-likeness (QED) is 0.296. The number of carbonyl (C=O) groups excluding carboxylic acids is 1. The second-order valence-corrected chi connectivity index (χ2v) is 6.27. The second-order valence-electron chi connectivity index (χ2n) is 4.80. The first-order chi connectivity index (χ1) is 11.4. The molecule has 6 N–H and O–H groups in total. The van der Waals surface area contributed by atoms with Crippen LogP contribution in [-0.2, 0) is 10.1 Å². The van der Waals surface area contributed by atoms with Gasteiger partial charge < -0.3 is 10.7 Å². The minimum atomic E-state index is -3.67. The van der Waals surface area contributed by atoms with E-state index in [1.54, 1.807) is 6.92 Å². The maximum atomic E-state index is 13.1. The molecule has 136 valence electrons. The molecule has 1 amide bonds. The summed E-state index contributed by atoms with van der Waals surface area (Å²) in [5, 5.41) is 9.07. The van der Waals surface area contributed by atoms with Gasteiger partial charge in [0.15, 0.2) is 5.96 Å². The van der Waals surface area contributed by atoms with Crippen LogP contribution in [-0.4, -0.2) is 41.1 Å². The van der Waals surface area contributed by atoms with Crippen molar-refractivity contribution < 1.29 is 26.5 Å². The highest BCUT2D eigenvalue weighted by Crippen LogP contribution is 2.20. The SMILES string of the molecule is CS(=O)(=O)O.Cc1nc(-c2cc(F)cc(F)c2)[nH]c1C(=O)NC(=N)N. The molecule has 0 unspecified atom stereocenters. The number of carbonyl (C=O) groups is 1. The molecule has 0 saturated heterocycles. The topological polar surface area (TPSA) is 162 Å². The van der Waals surface area contributed by atoms with Gasteiger partial charge in [-0.25, -0.2) is 13.8 Å². The molecule has 0 fully saturated rings. The lowest BCUT2D eigenvalue weighted by Crippen LogP contribution is -2.36. The van der Waals surface area contributed by atoms with E-state index in [1.807, 2.05) is 0 Å². The van der Waals surface area contributed by atoms with Gasteiger partial charge in [0.05, 0.1) is 11.9 Å². The molecule has 25 heavy (non-hydrogen) atoms. The number of hydrogen-bond acceptors (Lipinski definition) is 5. The number of nitrogens with one attached hydrogen (secondary N) is 3. The van der Waals surface area contributed by atoms with Crippen LogP contribution in [0.4, 0.5) is 8.78 Å². The number of guanidine groups is 1. The Morgan fingerprint density at radius 3 is 2.24 bits per heavy atom. The Balaban J connectivity index is 0.000000550. The van der Waals surface area contributed by atoms with E-state index in [1.165, 1.54) is 0 Å². The fourth-order valence-corrected chi connectivity index (χ4v) is 1.69. The minimum Gasteiger partial charge on any atom is -0.370 e. The lowest BCUT2D eigenvalue weighted by atomic mass is 10.2. The standard InChI is InChI=1S/C12H11F2N5O.CH4O3S/c1-5-9(11(20)19-12(15)16)18-10(17-5)6-2-7(13)4-8(14)3-6;1-5(2,3)4/h2-4H,1H3,(H,17,18)(H4,15,16,19,20);1H3,(H,2,3,4). The molecule has 1 heterocycles. The highest BCUT2D eigenvalue weighted by atomic mass is 32.2. The molecule has 0 aliphatic carbocycles. The summed E-state index contributed by atoms with van der Waals surface area (Å²) in [6.07, 6.45) is 0.715. The molecule has 1 aromatic carbocycles. The molecule has 0 saturated carbocycles. The molecule has 0 aliphatic rings. The number of aryl methyl sites for hydroxylation is 1. The van der Waals surface area contributed by atoms with Gasteiger partial charge in [0, 0.05) is 11.6 Å². The summed E-state index contributed by atoms with van der Waals surface area (Å²) in [5.74, 6) is -2.50. The summed E-state index contributed by atoms with van der Waals surface area (Å²) in [7, 11) is -3.67. The third-order valence-electron chi connectivity index (χ3n) is 2.50. The molecule has 12 heteroatoms. The van der Waals surface area contributed by atoms with E-state index in [2.05, 4.69) is 15.3 Å². The predicted molar refractivity (Wildman–Crippen MR) is 85.5 cm³/mol. The average molecular weight is 375 g/mol. The highest BCUT2D eigenvalue weighted by molar-refractivity contribution is 7.85. The van der Waals surface area contributed by atoms with Crippen LogP contribution in [0.5, 0.6) is 0 Å². The van der Waals surface area contributed by atoms with E-state index >= 15 is 0 Å². The summed E-state index contributed by atoms with van der Waals surface area (Å²) in [5.41, 5.74) is 5.62. The number of nitrogens with zero attached hydrogens (tertiary/aromatic N) is 1. The summed E-state index contributed by atoms with van der Waals surface area (Å²) in [6, 6.07) is 2.92. The van der Waals surface area contributed by atoms with Crippen LogP contribution in [0.15, 0.2) is 18.2 Å². The number of nitrogens with two attached hydrogens (primary N) is 1. The molecular weight excluding hydrogens is 360 g/mol. The van der Waals surface area contributed by atoms with Crippen molar-refractivity contribution in [3.63, 3.8) is 0 Å². The molecule has 0 radical (unpaired) electrons. The van der Waals surface area contributed by atoms with Crippen LogP contribution < -0.4 is 11.1 Å². The Morgan fingerprint density at radius 2 is 1.80 bits per heavy atom. The van der Waals surface area contributed by atoms with E-state index in [9.17, 15) is 22.0 Å². The summed E-state index contributed by atoms with van der Waals surface area (Å²) in [4.78, 5) is 18.4. The third kappa shape index (κ3) is 7.05. The second kappa shape index (κ2) is 7.81. The summed E-state index contributed by atoms with van der Waals surface area (Å²) in [6.45, 7) is 1.55. The molecular formula is C13H15F2N5O4S. The maximum absolute atomic E-state index is 13.1. The molecule has 2 rings (SSSR count). The number of benzene rings is 1. The van der Waals surface area contributed by atoms with Crippen molar-refractivity contribution in [3.05, 3.63) is 41.2 Å². The zero-order valence-corrected chi connectivity index (χ0v) is 13.9. The van der Waals surface area contributed by atoms with Crippen molar-refractivity contribution in [3.8, 4) is 11.4 Å². The Morgan fingerprint density at radius 1 is 1.32 bits per heavy atom. The summed E-state index contributed by atoms with van der Waals surface area (Å²) < 4.78 is 52.2. The van der Waals surface area contributed by atoms with E-state index in [-0.39, 0.29) is 17.1 Å². The molecule has 1 aromatic heterocycles.